The smallest absolute Gasteiger partial charge is 0.0622 e. The summed E-state index contributed by atoms with van der Waals surface area (Å²) in [5.41, 5.74) is 0.0272. The van der Waals surface area contributed by atoms with Gasteiger partial charge < -0.3 is 10.1 Å². The van der Waals surface area contributed by atoms with Gasteiger partial charge in [-0.1, -0.05) is 27.7 Å². The quantitative estimate of drug-likeness (QED) is 0.688. The van der Waals surface area contributed by atoms with Gasteiger partial charge in [0.05, 0.1) is 5.60 Å². The maximum absolute atomic E-state index is 5.45. The molecule has 0 aromatic carbocycles. The molecule has 0 aliphatic rings. The minimum absolute atomic E-state index is 0.0272. The molecule has 1 N–H and O–H groups in total. The van der Waals surface area contributed by atoms with E-state index in [4.69, 9.17) is 4.74 Å². The highest BCUT2D eigenvalue weighted by Gasteiger charge is 2.20. The van der Waals surface area contributed by atoms with Crippen LogP contribution in [0.2, 0.25) is 0 Å². The van der Waals surface area contributed by atoms with E-state index in [9.17, 15) is 0 Å². The zero-order chi connectivity index (χ0) is 12.8. The Hall–Kier alpha value is -0.0800. The zero-order valence-corrected chi connectivity index (χ0v) is 12.3. The highest BCUT2D eigenvalue weighted by Crippen LogP contribution is 2.23. The number of nitrogens with one attached hydrogen (secondary N) is 1. The third-order valence-electron chi connectivity index (χ3n) is 3.57. The summed E-state index contributed by atoms with van der Waals surface area (Å²) < 4.78 is 5.45. The third kappa shape index (κ3) is 7.24. The lowest BCUT2D eigenvalue weighted by Crippen LogP contribution is -2.31. The first-order valence-electron chi connectivity index (χ1n) is 6.57. The van der Waals surface area contributed by atoms with Gasteiger partial charge in [-0.3, -0.25) is 0 Å². The molecule has 0 bridgehead atoms. The van der Waals surface area contributed by atoms with Crippen LogP contribution in [0.1, 0.15) is 54.4 Å². The summed E-state index contributed by atoms with van der Waals surface area (Å²) in [6.07, 6.45) is 2.37. The molecule has 0 amide bonds. The number of hydrogen-bond acceptors (Lipinski definition) is 2. The Morgan fingerprint density at radius 1 is 1.06 bits per heavy atom. The largest absolute Gasteiger partial charge is 0.379 e. The molecule has 2 heteroatoms. The summed E-state index contributed by atoms with van der Waals surface area (Å²) in [7, 11) is 1.80. The van der Waals surface area contributed by atoms with Gasteiger partial charge in [0.15, 0.2) is 0 Å². The Morgan fingerprint density at radius 2 is 1.62 bits per heavy atom. The lowest BCUT2D eigenvalue weighted by atomic mass is 9.87. The van der Waals surface area contributed by atoms with E-state index in [1.165, 1.54) is 6.42 Å². The molecular formula is C14H31NO. The second kappa shape index (κ2) is 7.29. The molecule has 0 rings (SSSR count). The SMILES string of the molecule is COC(C)(C)CCC(C)C(C)CNC(C)C. The summed E-state index contributed by atoms with van der Waals surface area (Å²) in [6.45, 7) is 14.5. The van der Waals surface area contributed by atoms with E-state index in [2.05, 4.69) is 46.9 Å². The number of hydrogen-bond donors (Lipinski definition) is 1. The maximum atomic E-state index is 5.45. The zero-order valence-electron chi connectivity index (χ0n) is 12.3. The molecule has 0 aliphatic heterocycles. The predicted molar refractivity (Wildman–Crippen MR) is 71.8 cm³/mol. The van der Waals surface area contributed by atoms with Crippen LogP contribution in [0.3, 0.4) is 0 Å². The van der Waals surface area contributed by atoms with E-state index in [0.717, 1.165) is 24.8 Å². The van der Waals surface area contributed by atoms with Gasteiger partial charge >= 0.3 is 0 Å². The molecule has 16 heavy (non-hydrogen) atoms. The lowest BCUT2D eigenvalue weighted by Gasteiger charge is -2.27. The molecule has 0 spiro atoms. The fraction of sp³-hybridized carbons (Fsp3) is 1.00. The number of rotatable bonds is 8. The highest BCUT2D eigenvalue weighted by molar-refractivity contribution is 4.72. The van der Waals surface area contributed by atoms with Crippen molar-refractivity contribution in [3.63, 3.8) is 0 Å². The van der Waals surface area contributed by atoms with Gasteiger partial charge in [-0.2, -0.15) is 0 Å². The van der Waals surface area contributed by atoms with E-state index in [1.807, 2.05) is 0 Å². The fourth-order valence-electron chi connectivity index (χ4n) is 1.58. The van der Waals surface area contributed by atoms with Crippen LogP contribution < -0.4 is 5.32 Å². The second-order valence-electron chi connectivity index (χ2n) is 6.02. The van der Waals surface area contributed by atoms with Crippen molar-refractivity contribution in [2.75, 3.05) is 13.7 Å². The van der Waals surface area contributed by atoms with E-state index >= 15 is 0 Å². The molecular weight excluding hydrogens is 198 g/mol. The minimum atomic E-state index is 0.0272. The summed E-state index contributed by atoms with van der Waals surface area (Å²) in [5, 5.41) is 3.51. The first-order chi connectivity index (χ1) is 7.28. The minimum Gasteiger partial charge on any atom is -0.379 e. The number of methoxy groups -OCH3 is 1. The molecule has 0 radical (unpaired) electrons. The molecule has 0 heterocycles. The van der Waals surface area contributed by atoms with E-state index in [-0.39, 0.29) is 5.60 Å². The second-order valence-corrected chi connectivity index (χ2v) is 6.02. The van der Waals surface area contributed by atoms with Crippen LogP contribution in [0.15, 0.2) is 0 Å². The van der Waals surface area contributed by atoms with Crippen molar-refractivity contribution < 1.29 is 4.74 Å². The first-order valence-corrected chi connectivity index (χ1v) is 6.57. The van der Waals surface area contributed by atoms with Crippen LogP contribution in [0, 0.1) is 11.8 Å². The topological polar surface area (TPSA) is 21.3 Å². The predicted octanol–water partition coefficient (Wildman–Crippen LogP) is 3.46. The average Bonchev–Trinajstić information content (AvgIpc) is 2.22. The monoisotopic (exact) mass is 229 g/mol. The molecule has 0 aromatic rings. The van der Waals surface area contributed by atoms with Gasteiger partial charge in [-0.05, 0) is 45.1 Å². The normalized spacial score (nSPS) is 16.5. The Balaban J connectivity index is 3.83. The Labute approximate surface area is 102 Å². The van der Waals surface area contributed by atoms with Crippen molar-refractivity contribution in [2.24, 2.45) is 11.8 Å². The van der Waals surface area contributed by atoms with Crippen molar-refractivity contribution in [2.45, 2.75) is 66.0 Å². The van der Waals surface area contributed by atoms with Crippen LogP contribution in [0.4, 0.5) is 0 Å². The van der Waals surface area contributed by atoms with Crippen molar-refractivity contribution in [3.8, 4) is 0 Å². The lowest BCUT2D eigenvalue weighted by molar-refractivity contribution is 0.00918. The highest BCUT2D eigenvalue weighted by atomic mass is 16.5. The van der Waals surface area contributed by atoms with Gasteiger partial charge in [-0.15, -0.1) is 0 Å². The van der Waals surface area contributed by atoms with Crippen molar-refractivity contribution in [3.05, 3.63) is 0 Å². The summed E-state index contributed by atoms with van der Waals surface area (Å²) in [4.78, 5) is 0. The molecule has 2 atom stereocenters. The van der Waals surface area contributed by atoms with Crippen LogP contribution in [0.25, 0.3) is 0 Å². The molecule has 2 unspecified atom stereocenters. The van der Waals surface area contributed by atoms with Gasteiger partial charge in [0, 0.05) is 13.2 Å². The average molecular weight is 229 g/mol. The van der Waals surface area contributed by atoms with E-state index in [0.29, 0.717) is 6.04 Å². The molecule has 2 nitrogen and oxygen atoms in total. The van der Waals surface area contributed by atoms with Gasteiger partial charge in [0.1, 0.15) is 0 Å². The van der Waals surface area contributed by atoms with Crippen LogP contribution in [-0.4, -0.2) is 25.3 Å². The van der Waals surface area contributed by atoms with Crippen LogP contribution >= 0.6 is 0 Å². The molecule has 0 fully saturated rings. The summed E-state index contributed by atoms with van der Waals surface area (Å²) >= 11 is 0. The molecule has 0 aliphatic carbocycles. The Kier molecular flexibility index (Phi) is 7.25. The van der Waals surface area contributed by atoms with Gasteiger partial charge in [-0.25, -0.2) is 0 Å². The summed E-state index contributed by atoms with van der Waals surface area (Å²) in [5.74, 6) is 1.48. The first kappa shape index (κ1) is 15.9. The molecule has 0 aromatic heterocycles. The van der Waals surface area contributed by atoms with Gasteiger partial charge in [0.25, 0.3) is 0 Å². The van der Waals surface area contributed by atoms with Crippen molar-refractivity contribution in [1.82, 2.24) is 5.32 Å². The standard InChI is InChI=1S/C14H31NO/c1-11(2)15-10-13(4)12(3)8-9-14(5,6)16-7/h11-13,15H,8-10H2,1-7H3. The van der Waals surface area contributed by atoms with E-state index < -0.39 is 0 Å². The van der Waals surface area contributed by atoms with Crippen LogP contribution in [0.5, 0.6) is 0 Å². The van der Waals surface area contributed by atoms with Crippen molar-refractivity contribution in [1.29, 1.82) is 0 Å². The van der Waals surface area contributed by atoms with Crippen LogP contribution in [-0.2, 0) is 4.74 Å². The third-order valence-corrected chi connectivity index (χ3v) is 3.57. The molecule has 0 saturated heterocycles. The summed E-state index contributed by atoms with van der Waals surface area (Å²) in [6, 6.07) is 0.588. The van der Waals surface area contributed by atoms with E-state index in [1.54, 1.807) is 7.11 Å². The maximum Gasteiger partial charge on any atom is 0.0622 e. The Bertz CT molecular complexity index is 178. The van der Waals surface area contributed by atoms with Crippen molar-refractivity contribution >= 4 is 0 Å². The van der Waals surface area contributed by atoms with Gasteiger partial charge in [0.2, 0.25) is 0 Å². The molecule has 0 saturated carbocycles. The molecule has 98 valence electrons. The number of ether oxygens (including phenoxy) is 1. The fourth-order valence-corrected chi connectivity index (χ4v) is 1.58. The Morgan fingerprint density at radius 3 is 2.06 bits per heavy atom.